The highest BCUT2D eigenvalue weighted by Gasteiger charge is 2.30. The highest BCUT2D eigenvalue weighted by Crippen LogP contribution is 2.32. The van der Waals surface area contributed by atoms with E-state index in [4.69, 9.17) is 10.5 Å². The summed E-state index contributed by atoms with van der Waals surface area (Å²) in [6.07, 6.45) is 1.43. The topological polar surface area (TPSA) is 41.7 Å². The molecule has 2 aliphatic rings. The van der Waals surface area contributed by atoms with E-state index in [-0.39, 0.29) is 6.10 Å². The maximum absolute atomic E-state index is 6.12. The summed E-state index contributed by atoms with van der Waals surface area (Å²) in [5.74, 6) is 0. The van der Waals surface area contributed by atoms with E-state index >= 15 is 0 Å². The standard InChI is InChI=1S/C17H27N3O/c1-12-11-21-13(2)10-20(12)17(9-18)14-4-5-16-15(8-14)6-7-19(16)3/h4-5,8,12-13,17H,6-7,9-11,18H2,1-3H3. The molecule has 3 atom stereocenters. The molecule has 3 rings (SSSR count). The Morgan fingerprint density at radius 1 is 1.38 bits per heavy atom. The number of nitrogens with two attached hydrogens (primary N) is 1. The fourth-order valence-electron chi connectivity index (χ4n) is 3.62. The van der Waals surface area contributed by atoms with Crippen LogP contribution in [0.5, 0.6) is 0 Å². The Balaban J connectivity index is 1.86. The summed E-state index contributed by atoms with van der Waals surface area (Å²) >= 11 is 0. The number of hydrogen-bond donors (Lipinski definition) is 1. The van der Waals surface area contributed by atoms with Crippen LogP contribution in [0.4, 0.5) is 5.69 Å². The van der Waals surface area contributed by atoms with Gasteiger partial charge in [0.25, 0.3) is 0 Å². The first kappa shape index (κ1) is 14.8. The fourth-order valence-corrected chi connectivity index (χ4v) is 3.62. The summed E-state index contributed by atoms with van der Waals surface area (Å²) < 4.78 is 5.75. The Morgan fingerprint density at radius 3 is 2.95 bits per heavy atom. The lowest BCUT2D eigenvalue weighted by Gasteiger charge is -2.41. The third-order valence-electron chi connectivity index (χ3n) is 4.90. The molecular weight excluding hydrogens is 262 g/mol. The van der Waals surface area contributed by atoms with E-state index < -0.39 is 0 Å². The van der Waals surface area contributed by atoms with E-state index in [0.29, 0.717) is 18.6 Å². The van der Waals surface area contributed by atoms with Crippen molar-refractivity contribution in [3.63, 3.8) is 0 Å². The molecule has 4 heteroatoms. The maximum Gasteiger partial charge on any atom is 0.0675 e. The number of likely N-dealkylation sites (N-methyl/N-ethyl adjacent to an activating group) is 1. The third kappa shape index (κ3) is 2.80. The van der Waals surface area contributed by atoms with Crippen molar-refractivity contribution in [3.8, 4) is 0 Å². The molecule has 0 saturated carbocycles. The summed E-state index contributed by atoms with van der Waals surface area (Å²) in [4.78, 5) is 4.84. The monoisotopic (exact) mass is 289 g/mol. The Hall–Kier alpha value is -1.10. The largest absolute Gasteiger partial charge is 0.376 e. The zero-order chi connectivity index (χ0) is 15.0. The molecule has 1 saturated heterocycles. The molecule has 0 aliphatic carbocycles. The lowest BCUT2D eigenvalue weighted by Crippen LogP contribution is -2.50. The second-order valence-electron chi connectivity index (χ2n) is 6.50. The van der Waals surface area contributed by atoms with Crippen LogP contribution in [0.2, 0.25) is 0 Å². The van der Waals surface area contributed by atoms with Gasteiger partial charge in [0.15, 0.2) is 0 Å². The number of anilines is 1. The van der Waals surface area contributed by atoms with Gasteiger partial charge in [-0.3, -0.25) is 4.90 Å². The quantitative estimate of drug-likeness (QED) is 0.921. The minimum Gasteiger partial charge on any atom is -0.376 e. The minimum absolute atomic E-state index is 0.288. The molecule has 21 heavy (non-hydrogen) atoms. The highest BCUT2D eigenvalue weighted by atomic mass is 16.5. The molecule has 1 aromatic rings. The maximum atomic E-state index is 6.12. The zero-order valence-electron chi connectivity index (χ0n) is 13.4. The van der Waals surface area contributed by atoms with Gasteiger partial charge in [0.1, 0.15) is 0 Å². The van der Waals surface area contributed by atoms with Crippen molar-refractivity contribution in [2.24, 2.45) is 5.73 Å². The van der Waals surface area contributed by atoms with Gasteiger partial charge in [-0.25, -0.2) is 0 Å². The minimum atomic E-state index is 0.288. The Morgan fingerprint density at radius 2 is 2.19 bits per heavy atom. The summed E-state index contributed by atoms with van der Waals surface area (Å²) in [7, 11) is 2.16. The molecule has 1 aromatic carbocycles. The van der Waals surface area contributed by atoms with Crippen LogP contribution in [0.3, 0.4) is 0 Å². The molecule has 116 valence electrons. The van der Waals surface area contributed by atoms with Crippen molar-refractivity contribution in [1.29, 1.82) is 0 Å². The Bertz CT molecular complexity index is 505. The van der Waals surface area contributed by atoms with Crippen LogP contribution in [0.15, 0.2) is 18.2 Å². The van der Waals surface area contributed by atoms with Crippen LogP contribution in [-0.4, -0.2) is 50.3 Å². The van der Waals surface area contributed by atoms with E-state index in [9.17, 15) is 0 Å². The van der Waals surface area contributed by atoms with Crippen molar-refractivity contribution in [2.45, 2.75) is 38.5 Å². The van der Waals surface area contributed by atoms with E-state index in [1.54, 1.807) is 0 Å². The first-order valence-electron chi connectivity index (χ1n) is 8.01. The van der Waals surface area contributed by atoms with Crippen LogP contribution in [-0.2, 0) is 11.2 Å². The highest BCUT2D eigenvalue weighted by molar-refractivity contribution is 5.58. The SMILES string of the molecule is CC1CN(C(CN)c2ccc3c(c2)CCN3C)C(C)CO1. The number of benzene rings is 1. The van der Waals surface area contributed by atoms with Crippen LogP contribution < -0.4 is 10.6 Å². The van der Waals surface area contributed by atoms with Gasteiger partial charge in [0.05, 0.1) is 12.7 Å². The predicted molar refractivity (Wildman–Crippen MR) is 86.8 cm³/mol. The molecule has 0 aromatic heterocycles. The average molecular weight is 289 g/mol. The van der Waals surface area contributed by atoms with E-state index in [2.05, 4.69) is 48.9 Å². The molecule has 0 radical (unpaired) electrons. The van der Waals surface area contributed by atoms with E-state index in [1.807, 2.05) is 0 Å². The molecule has 2 heterocycles. The van der Waals surface area contributed by atoms with Crippen molar-refractivity contribution >= 4 is 5.69 Å². The van der Waals surface area contributed by atoms with Crippen LogP contribution in [0.25, 0.3) is 0 Å². The molecule has 3 unspecified atom stereocenters. The average Bonchev–Trinajstić information content (AvgIpc) is 2.85. The van der Waals surface area contributed by atoms with Crippen molar-refractivity contribution in [2.75, 3.05) is 38.2 Å². The predicted octanol–water partition coefficient (Wildman–Crippen LogP) is 1.79. The number of rotatable bonds is 3. The van der Waals surface area contributed by atoms with Crippen LogP contribution in [0, 0.1) is 0 Å². The summed E-state index contributed by atoms with van der Waals surface area (Å²) in [5.41, 5.74) is 10.3. The van der Waals surface area contributed by atoms with Gasteiger partial charge in [0, 0.05) is 44.5 Å². The molecular formula is C17H27N3O. The number of nitrogens with zero attached hydrogens (tertiary/aromatic N) is 2. The van der Waals surface area contributed by atoms with Gasteiger partial charge in [0.2, 0.25) is 0 Å². The molecule has 2 N–H and O–H groups in total. The number of fused-ring (bicyclic) bond motifs is 1. The van der Waals surface area contributed by atoms with Gasteiger partial charge in [-0.2, -0.15) is 0 Å². The molecule has 1 fully saturated rings. The summed E-state index contributed by atoms with van der Waals surface area (Å²) in [6, 6.07) is 7.59. The fraction of sp³-hybridized carbons (Fsp3) is 0.647. The molecule has 4 nitrogen and oxygen atoms in total. The molecule has 0 amide bonds. The zero-order valence-corrected chi connectivity index (χ0v) is 13.4. The van der Waals surface area contributed by atoms with Crippen molar-refractivity contribution in [1.82, 2.24) is 4.90 Å². The molecule has 2 aliphatic heterocycles. The normalized spacial score (nSPS) is 27.7. The third-order valence-corrected chi connectivity index (χ3v) is 4.90. The van der Waals surface area contributed by atoms with Crippen LogP contribution in [0.1, 0.15) is 31.0 Å². The van der Waals surface area contributed by atoms with E-state index in [0.717, 1.165) is 26.1 Å². The lowest BCUT2D eigenvalue weighted by atomic mass is 9.99. The Kier molecular flexibility index (Phi) is 4.20. The number of hydrogen-bond acceptors (Lipinski definition) is 4. The summed E-state index contributed by atoms with van der Waals surface area (Å²) in [6.45, 7) is 7.91. The first-order chi connectivity index (χ1) is 10.1. The van der Waals surface area contributed by atoms with Gasteiger partial charge in [-0.15, -0.1) is 0 Å². The first-order valence-corrected chi connectivity index (χ1v) is 8.01. The molecule has 0 spiro atoms. The van der Waals surface area contributed by atoms with Gasteiger partial charge in [-0.1, -0.05) is 12.1 Å². The van der Waals surface area contributed by atoms with Crippen LogP contribution >= 0.6 is 0 Å². The van der Waals surface area contributed by atoms with E-state index in [1.165, 1.54) is 16.8 Å². The van der Waals surface area contributed by atoms with Crippen molar-refractivity contribution < 1.29 is 4.74 Å². The lowest BCUT2D eigenvalue weighted by molar-refractivity contribution is -0.0653. The number of ether oxygens (including phenoxy) is 1. The molecule has 0 bridgehead atoms. The van der Waals surface area contributed by atoms with Gasteiger partial charge < -0.3 is 15.4 Å². The Labute approximate surface area is 127 Å². The number of morpholine rings is 1. The van der Waals surface area contributed by atoms with Gasteiger partial charge >= 0.3 is 0 Å². The van der Waals surface area contributed by atoms with Crippen molar-refractivity contribution in [3.05, 3.63) is 29.3 Å². The second kappa shape index (κ2) is 5.95. The second-order valence-corrected chi connectivity index (χ2v) is 6.50. The summed E-state index contributed by atoms with van der Waals surface area (Å²) in [5, 5.41) is 0. The van der Waals surface area contributed by atoms with Gasteiger partial charge in [-0.05, 0) is 37.5 Å². The smallest absolute Gasteiger partial charge is 0.0675 e.